The van der Waals surface area contributed by atoms with E-state index in [0.717, 1.165) is 11.1 Å². The van der Waals surface area contributed by atoms with Gasteiger partial charge in [0.25, 0.3) is 0 Å². The van der Waals surface area contributed by atoms with Gasteiger partial charge in [-0.1, -0.05) is 23.8 Å². The number of benzene rings is 2. The van der Waals surface area contributed by atoms with Crippen molar-refractivity contribution >= 4 is 5.91 Å². The van der Waals surface area contributed by atoms with Crippen LogP contribution in [0.5, 0.6) is 17.2 Å². The lowest BCUT2D eigenvalue weighted by atomic mass is 10.0. The minimum atomic E-state index is -1.22. The molecule has 2 heterocycles. The molecule has 2 aromatic carbocycles. The quantitative estimate of drug-likeness (QED) is 0.451. The van der Waals surface area contributed by atoms with Crippen LogP contribution in [0.3, 0.4) is 0 Å². The monoisotopic (exact) mass is 508 g/mol. The maximum absolute atomic E-state index is 12.2. The van der Waals surface area contributed by atoms with E-state index in [1.807, 2.05) is 60.2 Å². The van der Waals surface area contributed by atoms with Crippen LogP contribution in [0.15, 0.2) is 61.2 Å². The molecule has 1 atom stereocenters. The molecule has 0 spiro atoms. The second-order valence-corrected chi connectivity index (χ2v) is 9.61. The first-order chi connectivity index (χ1) is 17.8. The van der Waals surface area contributed by atoms with Gasteiger partial charge in [-0.15, -0.1) is 0 Å². The minimum absolute atomic E-state index is 0.0614. The van der Waals surface area contributed by atoms with Crippen molar-refractivity contribution in [2.75, 3.05) is 46.5 Å². The van der Waals surface area contributed by atoms with Gasteiger partial charge in [-0.05, 0) is 36.8 Å². The highest BCUT2D eigenvalue weighted by atomic mass is 16.5. The Balaban J connectivity index is 1.44. The maximum Gasteiger partial charge on any atom is 0.219 e. The minimum Gasteiger partial charge on any atom is -0.493 e. The Kier molecular flexibility index (Phi) is 8.68. The molecule has 0 radical (unpaired) electrons. The standard InChI is InChI=1S/C28H36N4O5/c1-22-4-7-25(8-5-22)37-20-28(34)18-31(12-13-32(19-28)23(2)33)17-24-6-9-26(35-3)27(16-24)36-15-14-30-11-10-29-21-30/h4-11,16,21,34H,12-15,17-20H2,1-3H3. The van der Waals surface area contributed by atoms with Gasteiger partial charge in [0, 0.05) is 45.5 Å². The summed E-state index contributed by atoms with van der Waals surface area (Å²) in [7, 11) is 1.62. The van der Waals surface area contributed by atoms with Gasteiger partial charge in [-0.3, -0.25) is 9.69 Å². The smallest absolute Gasteiger partial charge is 0.219 e. The highest BCUT2D eigenvalue weighted by molar-refractivity contribution is 5.73. The molecule has 1 aromatic heterocycles. The van der Waals surface area contributed by atoms with Crippen LogP contribution in [0, 0.1) is 6.92 Å². The molecular formula is C28H36N4O5. The maximum atomic E-state index is 12.2. The van der Waals surface area contributed by atoms with Crippen LogP contribution in [0.1, 0.15) is 18.1 Å². The summed E-state index contributed by atoms with van der Waals surface area (Å²) >= 11 is 0. The van der Waals surface area contributed by atoms with E-state index in [1.165, 1.54) is 6.92 Å². The SMILES string of the molecule is COc1ccc(CN2CCN(C(C)=O)CC(O)(COc3ccc(C)cc3)C2)cc1OCCn1ccnc1. The van der Waals surface area contributed by atoms with Gasteiger partial charge < -0.3 is 28.8 Å². The Morgan fingerprint density at radius 1 is 1.08 bits per heavy atom. The summed E-state index contributed by atoms with van der Waals surface area (Å²) in [5.74, 6) is 1.96. The number of rotatable bonds is 10. The summed E-state index contributed by atoms with van der Waals surface area (Å²) < 4.78 is 19.4. The first kappa shape index (κ1) is 26.5. The van der Waals surface area contributed by atoms with E-state index in [0.29, 0.717) is 56.6 Å². The molecule has 198 valence electrons. The Hall–Kier alpha value is -3.56. The number of β-amino-alcohol motifs (C(OH)–C–C–N with tert-alkyl or cyclic N) is 1. The van der Waals surface area contributed by atoms with Crippen molar-refractivity contribution in [3.8, 4) is 17.2 Å². The summed E-state index contributed by atoms with van der Waals surface area (Å²) in [6.07, 6.45) is 5.39. The van der Waals surface area contributed by atoms with Gasteiger partial charge in [0.1, 0.15) is 24.6 Å². The molecule has 1 aliphatic heterocycles. The van der Waals surface area contributed by atoms with Gasteiger partial charge in [0.2, 0.25) is 5.91 Å². The summed E-state index contributed by atoms with van der Waals surface area (Å²) in [5, 5.41) is 11.6. The lowest BCUT2D eigenvalue weighted by molar-refractivity contribution is -0.132. The van der Waals surface area contributed by atoms with E-state index in [-0.39, 0.29) is 19.1 Å². The molecular weight excluding hydrogens is 472 g/mol. The van der Waals surface area contributed by atoms with E-state index in [1.54, 1.807) is 24.5 Å². The van der Waals surface area contributed by atoms with Crippen LogP contribution in [0.4, 0.5) is 0 Å². The van der Waals surface area contributed by atoms with Gasteiger partial charge in [0.05, 0.1) is 26.5 Å². The van der Waals surface area contributed by atoms with Crippen LogP contribution in [0.2, 0.25) is 0 Å². The summed E-state index contributed by atoms with van der Waals surface area (Å²) in [6, 6.07) is 13.6. The van der Waals surface area contributed by atoms with Crippen molar-refractivity contribution in [1.29, 1.82) is 0 Å². The number of imidazole rings is 1. The third-order valence-electron chi connectivity index (χ3n) is 6.46. The molecule has 9 nitrogen and oxygen atoms in total. The largest absolute Gasteiger partial charge is 0.493 e. The first-order valence-corrected chi connectivity index (χ1v) is 12.5. The number of hydrogen-bond acceptors (Lipinski definition) is 7. The molecule has 4 rings (SSSR count). The highest BCUT2D eigenvalue weighted by Crippen LogP contribution is 2.29. The number of carbonyl (C=O) groups excluding carboxylic acids is 1. The van der Waals surface area contributed by atoms with Crippen molar-refractivity contribution < 1.29 is 24.1 Å². The zero-order valence-electron chi connectivity index (χ0n) is 21.8. The van der Waals surface area contributed by atoms with Crippen LogP contribution in [0.25, 0.3) is 0 Å². The number of methoxy groups -OCH3 is 1. The van der Waals surface area contributed by atoms with Crippen molar-refractivity contribution in [1.82, 2.24) is 19.4 Å². The Morgan fingerprint density at radius 2 is 1.89 bits per heavy atom. The van der Waals surface area contributed by atoms with E-state index in [2.05, 4.69) is 9.88 Å². The fourth-order valence-electron chi connectivity index (χ4n) is 4.46. The number of aromatic nitrogens is 2. The number of ether oxygens (including phenoxy) is 3. The molecule has 9 heteroatoms. The molecule has 1 aliphatic rings. The number of aliphatic hydroxyl groups is 1. The molecule has 37 heavy (non-hydrogen) atoms. The van der Waals surface area contributed by atoms with Crippen LogP contribution in [-0.4, -0.2) is 82.5 Å². The van der Waals surface area contributed by atoms with Gasteiger partial charge in [0.15, 0.2) is 11.5 Å². The number of hydrogen-bond donors (Lipinski definition) is 1. The topological polar surface area (TPSA) is 89.3 Å². The zero-order chi connectivity index (χ0) is 26.3. The van der Waals surface area contributed by atoms with Crippen LogP contribution >= 0.6 is 0 Å². The third-order valence-corrected chi connectivity index (χ3v) is 6.46. The average molecular weight is 509 g/mol. The molecule has 3 aromatic rings. The molecule has 1 fully saturated rings. The van der Waals surface area contributed by atoms with Gasteiger partial charge in [-0.25, -0.2) is 4.98 Å². The molecule has 0 saturated carbocycles. The zero-order valence-corrected chi connectivity index (χ0v) is 21.8. The van der Waals surface area contributed by atoms with Crippen LogP contribution < -0.4 is 14.2 Å². The van der Waals surface area contributed by atoms with Crippen molar-refractivity contribution in [2.45, 2.75) is 32.5 Å². The van der Waals surface area contributed by atoms with Gasteiger partial charge in [-0.2, -0.15) is 0 Å². The Morgan fingerprint density at radius 3 is 2.59 bits per heavy atom. The molecule has 0 bridgehead atoms. The fourth-order valence-corrected chi connectivity index (χ4v) is 4.46. The number of amides is 1. The molecule has 1 N–H and O–H groups in total. The van der Waals surface area contributed by atoms with E-state index in [4.69, 9.17) is 14.2 Å². The Labute approximate surface area is 218 Å². The predicted octanol–water partition coefficient (Wildman–Crippen LogP) is 2.75. The van der Waals surface area contributed by atoms with Crippen molar-refractivity contribution in [3.05, 3.63) is 72.3 Å². The normalized spacial score (nSPS) is 18.3. The van der Waals surface area contributed by atoms with E-state index < -0.39 is 5.60 Å². The molecule has 0 aliphatic carbocycles. The number of aryl methyl sites for hydroxylation is 1. The van der Waals surface area contributed by atoms with E-state index >= 15 is 0 Å². The lowest BCUT2D eigenvalue weighted by Gasteiger charge is -2.32. The van der Waals surface area contributed by atoms with E-state index in [9.17, 15) is 9.90 Å². The molecule has 1 saturated heterocycles. The van der Waals surface area contributed by atoms with Crippen molar-refractivity contribution in [2.24, 2.45) is 0 Å². The second-order valence-electron chi connectivity index (χ2n) is 9.61. The summed E-state index contributed by atoms with van der Waals surface area (Å²) in [4.78, 5) is 20.1. The first-order valence-electron chi connectivity index (χ1n) is 12.5. The van der Waals surface area contributed by atoms with Crippen molar-refractivity contribution in [3.63, 3.8) is 0 Å². The Bertz CT molecular complexity index is 1150. The summed E-state index contributed by atoms with van der Waals surface area (Å²) in [6.45, 7) is 7.12. The van der Waals surface area contributed by atoms with Crippen LogP contribution in [-0.2, 0) is 17.9 Å². The number of nitrogens with zero attached hydrogens (tertiary/aromatic N) is 4. The fraction of sp³-hybridized carbons (Fsp3) is 0.429. The highest BCUT2D eigenvalue weighted by Gasteiger charge is 2.37. The molecule has 1 amide bonds. The van der Waals surface area contributed by atoms with Gasteiger partial charge >= 0.3 is 0 Å². The summed E-state index contributed by atoms with van der Waals surface area (Å²) in [5.41, 5.74) is 0.944. The second kappa shape index (κ2) is 12.1. The third kappa shape index (κ3) is 7.47. The average Bonchev–Trinajstić information content (AvgIpc) is 3.33. The predicted molar refractivity (Wildman–Crippen MR) is 140 cm³/mol. The lowest BCUT2D eigenvalue weighted by Crippen LogP contribution is -2.51. The number of carbonyl (C=O) groups is 1. The molecule has 1 unspecified atom stereocenters.